The van der Waals surface area contributed by atoms with Gasteiger partial charge in [0, 0.05) is 5.75 Å². The highest BCUT2D eigenvalue weighted by atomic mass is 32.2. The minimum Gasteiger partial charge on any atom is -0.664 e. The third-order valence-electron chi connectivity index (χ3n) is 1.57. The summed E-state index contributed by atoms with van der Waals surface area (Å²) in [4.78, 5) is 0. The second-order valence-corrected chi connectivity index (χ2v) is 3.68. The maximum absolute atomic E-state index is 4.05. The highest BCUT2D eigenvalue weighted by molar-refractivity contribution is 7.98. The summed E-state index contributed by atoms with van der Waals surface area (Å²) in [7, 11) is 1.86. The van der Waals surface area contributed by atoms with Crippen LogP contribution in [0.15, 0.2) is 30.3 Å². The minimum absolute atomic E-state index is 0.970. The van der Waals surface area contributed by atoms with E-state index in [1.165, 1.54) is 5.56 Å². The van der Waals surface area contributed by atoms with Crippen molar-refractivity contribution in [2.24, 2.45) is 0 Å². The number of thioether (sulfide) groups is 1. The summed E-state index contributed by atoms with van der Waals surface area (Å²) in [5, 5.41) is 4.05. The quantitative estimate of drug-likeness (QED) is 0.635. The van der Waals surface area contributed by atoms with Crippen LogP contribution in [0.3, 0.4) is 0 Å². The largest absolute Gasteiger partial charge is 0.664 e. The molecule has 0 fully saturated rings. The molecule has 0 bridgehead atoms. The highest BCUT2D eigenvalue weighted by Crippen LogP contribution is 2.11. The molecule has 0 saturated heterocycles. The maximum Gasteiger partial charge on any atom is 0.0183 e. The topological polar surface area (TPSA) is 14.1 Å². The summed E-state index contributed by atoms with van der Waals surface area (Å²) in [6.07, 6.45) is 0. The number of nitrogens with zero attached hydrogens (tertiary/aromatic N) is 1. The third-order valence-corrected chi connectivity index (χ3v) is 2.58. The molecule has 2 heteroatoms. The average molecular weight is 180 g/mol. The Kier molecular flexibility index (Phi) is 4.88. The van der Waals surface area contributed by atoms with Crippen LogP contribution in [-0.4, -0.2) is 19.3 Å². The molecule has 0 atom stereocenters. The van der Waals surface area contributed by atoms with Crippen LogP contribution in [0, 0.1) is 0 Å². The fourth-order valence-electron chi connectivity index (χ4n) is 0.920. The highest BCUT2D eigenvalue weighted by Gasteiger charge is 1.88. The van der Waals surface area contributed by atoms with E-state index in [1.807, 2.05) is 18.8 Å². The zero-order chi connectivity index (χ0) is 8.65. The molecule has 0 radical (unpaired) electrons. The lowest BCUT2D eigenvalue weighted by Gasteiger charge is -2.09. The third kappa shape index (κ3) is 3.79. The molecule has 0 aliphatic carbocycles. The minimum atomic E-state index is 0.970. The SMILES string of the molecule is C[N-]CCSCc1ccccc1. The fraction of sp³-hybridized carbons (Fsp3) is 0.400. The lowest BCUT2D eigenvalue weighted by molar-refractivity contribution is 1.26. The van der Waals surface area contributed by atoms with Crippen molar-refractivity contribution in [3.05, 3.63) is 41.2 Å². The molecule has 0 amide bonds. The van der Waals surface area contributed by atoms with Gasteiger partial charge < -0.3 is 5.32 Å². The summed E-state index contributed by atoms with van der Waals surface area (Å²) >= 11 is 1.94. The van der Waals surface area contributed by atoms with Gasteiger partial charge in [-0.2, -0.15) is 18.8 Å². The lowest BCUT2D eigenvalue weighted by Crippen LogP contribution is -1.87. The second-order valence-electron chi connectivity index (χ2n) is 2.58. The van der Waals surface area contributed by atoms with Gasteiger partial charge in [-0.3, -0.25) is 0 Å². The van der Waals surface area contributed by atoms with E-state index in [-0.39, 0.29) is 0 Å². The van der Waals surface area contributed by atoms with Gasteiger partial charge in [-0.25, -0.2) is 0 Å². The molecule has 1 rings (SSSR count). The van der Waals surface area contributed by atoms with E-state index in [2.05, 4.69) is 35.6 Å². The van der Waals surface area contributed by atoms with Crippen molar-refractivity contribution in [3.8, 4) is 0 Å². The van der Waals surface area contributed by atoms with Crippen molar-refractivity contribution < 1.29 is 0 Å². The first kappa shape index (κ1) is 9.62. The fourth-order valence-corrected chi connectivity index (χ4v) is 1.80. The van der Waals surface area contributed by atoms with Crippen LogP contribution >= 0.6 is 11.8 Å². The molecule has 0 N–H and O–H groups in total. The van der Waals surface area contributed by atoms with Crippen molar-refractivity contribution in [2.45, 2.75) is 5.75 Å². The van der Waals surface area contributed by atoms with Crippen molar-refractivity contribution in [1.82, 2.24) is 0 Å². The normalized spacial score (nSPS) is 10.1. The Morgan fingerprint density at radius 3 is 2.67 bits per heavy atom. The molecular formula is C10H14NS-. The van der Waals surface area contributed by atoms with Crippen molar-refractivity contribution in [2.75, 3.05) is 19.3 Å². The van der Waals surface area contributed by atoms with Gasteiger partial charge in [-0.05, 0) is 11.3 Å². The second kappa shape index (κ2) is 6.09. The van der Waals surface area contributed by atoms with Gasteiger partial charge in [-0.1, -0.05) is 30.3 Å². The van der Waals surface area contributed by atoms with Crippen LogP contribution in [0.1, 0.15) is 5.56 Å². The number of hydrogen-bond donors (Lipinski definition) is 0. The Balaban J connectivity index is 2.16. The van der Waals surface area contributed by atoms with E-state index in [9.17, 15) is 0 Å². The summed E-state index contributed by atoms with van der Waals surface area (Å²) in [6, 6.07) is 10.5. The maximum atomic E-state index is 4.05. The molecule has 0 unspecified atom stereocenters. The van der Waals surface area contributed by atoms with E-state index in [0.717, 1.165) is 18.1 Å². The zero-order valence-electron chi connectivity index (χ0n) is 7.36. The van der Waals surface area contributed by atoms with E-state index in [0.29, 0.717) is 0 Å². The molecule has 1 nitrogen and oxygen atoms in total. The Morgan fingerprint density at radius 1 is 1.25 bits per heavy atom. The molecule has 12 heavy (non-hydrogen) atoms. The predicted molar refractivity (Wildman–Crippen MR) is 56.8 cm³/mol. The Labute approximate surface area is 78.6 Å². The van der Waals surface area contributed by atoms with Crippen LogP contribution < -0.4 is 0 Å². The number of hydrogen-bond acceptors (Lipinski definition) is 1. The van der Waals surface area contributed by atoms with Gasteiger partial charge >= 0.3 is 0 Å². The molecule has 0 aliphatic heterocycles. The smallest absolute Gasteiger partial charge is 0.0183 e. The molecule has 0 aliphatic rings. The first-order chi connectivity index (χ1) is 5.93. The van der Waals surface area contributed by atoms with Gasteiger partial charge in [0.1, 0.15) is 0 Å². The van der Waals surface area contributed by atoms with Crippen LogP contribution in [-0.2, 0) is 5.75 Å². The number of rotatable bonds is 5. The first-order valence-electron chi connectivity index (χ1n) is 4.11. The van der Waals surface area contributed by atoms with Crippen LogP contribution in [0.25, 0.3) is 5.32 Å². The van der Waals surface area contributed by atoms with Crippen LogP contribution in [0.5, 0.6) is 0 Å². The summed E-state index contributed by atoms with van der Waals surface area (Å²) < 4.78 is 0. The van der Waals surface area contributed by atoms with Crippen molar-refractivity contribution in [1.29, 1.82) is 0 Å². The monoisotopic (exact) mass is 180 g/mol. The molecule has 0 spiro atoms. The standard InChI is InChI=1S/C10H14NS/c1-11-7-8-12-9-10-5-3-2-4-6-10/h2-6H,7-9H2,1H3/q-1. The average Bonchev–Trinajstić information content (AvgIpc) is 2.14. The Hall–Kier alpha value is -0.470. The molecule has 0 heterocycles. The van der Waals surface area contributed by atoms with Gasteiger partial charge in [0.15, 0.2) is 0 Å². The molecule has 0 aromatic heterocycles. The summed E-state index contributed by atoms with van der Waals surface area (Å²) in [5.41, 5.74) is 1.40. The Bertz CT molecular complexity index is 198. The summed E-state index contributed by atoms with van der Waals surface area (Å²) in [6.45, 7) is 0.970. The molecule has 66 valence electrons. The molecule has 1 aromatic carbocycles. The van der Waals surface area contributed by atoms with Crippen LogP contribution in [0.2, 0.25) is 0 Å². The zero-order valence-corrected chi connectivity index (χ0v) is 8.18. The first-order valence-corrected chi connectivity index (χ1v) is 5.26. The van der Waals surface area contributed by atoms with Gasteiger partial charge in [0.2, 0.25) is 0 Å². The lowest BCUT2D eigenvalue weighted by atomic mass is 10.2. The van der Waals surface area contributed by atoms with E-state index in [4.69, 9.17) is 0 Å². The molecule has 0 saturated carbocycles. The van der Waals surface area contributed by atoms with Gasteiger partial charge in [-0.15, -0.1) is 6.54 Å². The van der Waals surface area contributed by atoms with E-state index in [1.54, 1.807) is 0 Å². The summed E-state index contributed by atoms with van der Waals surface area (Å²) in [5.74, 6) is 2.24. The van der Waals surface area contributed by atoms with Crippen molar-refractivity contribution in [3.63, 3.8) is 0 Å². The van der Waals surface area contributed by atoms with E-state index < -0.39 is 0 Å². The molecule has 1 aromatic rings. The van der Waals surface area contributed by atoms with Gasteiger partial charge in [0.25, 0.3) is 0 Å². The predicted octanol–water partition coefficient (Wildman–Crippen LogP) is 2.92. The van der Waals surface area contributed by atoms with Crippen LogP contribution in [0.4, 0.5) is 0 Å². The Morgan fingerprint density at radius 2 is 2.00 bits per heavy atom. The van der Waals surface area contributed by atoms with Crippen molar-refractivity contribution >= 4 is 11.8 Å². The molecular weight excluding hydrogens is 166 g/mol. The number of benzene rings is 1. The van der Waals surface area contributed by atoms with E-state index >= 15 is 0 Å². The van der Waals surface area contributed by atoms with Gasteiger partial charge in [0.05, 0.1) is 0 Å².